The van der Waals surface area contributed by atoms with Gasteiger partial charge in [-0.15, -0.1) is 0 Å². The summed E-state index contributed by atoms with van der Waals surface area (Å²) in [5, 5.41) is 2.93. The van der Waals surface area contributed by atoms with Gasteiger partial charge in [0.2, 0.25) is 11.8 Å². The summed E-state index contributed by atoms with van der Waals surface area (Å²) in [5.74, 6) is -2.60. The van der Waals surface area contributed by atoms with Crippen molar-refractivity contribution < 1.29 is 23.9 Å². The third-order valence-corrected chi connectivity index (χ3v) is 6.32. The molecule has 3 aliphatic rings. The Morgan fingerprint density at radius 1 is 1.13 bits per heavy atom. The largest absolute Gasteiger partial charge is 0.454 e. The standard InChI is InChI=1S/C23H26N2O5/c1-14(25-21(27)17-10-4-5-11-18(17)22(25)28)23(29)30-13-20(26)24-19-12-6-8-15-7-2-3-9-16(15)19/h2-5,7,9,14,17-19H,6,8,10-13H2,1H3,(H,24,26)/t14-,17-,18+,19-/m0/s1. The number of likely N-dealkylation sites (tertiary alicyclic amines) is 1. The van der Waals surface area contributed by atoms with Crippen molar-refractivity contribution in [1.82, 2.24) is 10.2 Å². The zero-order valence-corrected chi connectivity index (χ0v) is 17.0. The summed E-state index contributed by atoms with van der Waals surface area (Å²) in [6, 6.07) is 6.86. The van der Waals surface area contributed by atoms with Crippen molar-refractivity contribution >= 4 is 23.7 Å². The molecule has 0 aromatic heterocycles. The summed E-state index contributed by atoms with van der Waals surface area (Å²) in [6.07, 6.45) is 7.62. The number of imide groups is 1. The number of ether oxygens (including phenoxy) is 1. The number of esters is 1. The lowest BCUT2D eigenvalue weighted by Crippen LogP contribution is -2.45. The molecule has 158 valence electrons. The van der Waals surface area contributed by atoms with E-state index in [4.69, 9.17) is 4.74 Å². The smallest absolute Gasteiger partial charge is 0.329 e. The lowest BCUT2D eigenvalue weighted by Gasteiger charge is -2.26. The fourth-order valence-electron chi connectivity index (χ4n) is 4.71. The second-order valence-corrected chi connectivity index (χ2v) is 8.20. The molecule has 7 nitrogen and oxygen atoms in total. The van der Waals surface area contributed by atoms with E-state index in [0.29, 0.717) is 12.8 Å². The van der Waals surface area contributed by atoms with E-state index in [1.807, 2.05) is 30.4 Å². The second kappa shape index (κ2) is 8.42. The van der Waals surface area contributed by atoms with Gasteiger partial charge in [0.1, 0.15) is 6.04 Å². The van der Waals surface area contributed by atoms with Crippen molar-refractivity contribution in [2.75, 3.05) is 6.61 Å². The van der Waals surface area contributed by atoms with Crippen LogP contribution in [0.5, 0.6) is 0 Å². The number of aryl methyl sites for hydroxylation is 1. The molecule has 0 unspecified atom stereocenters. The van der Waals surface area contributed by atoms with Crippen LogP contribution < -0.4 is 5.32 Å². The van der Waals surface area contributed by atoms with Crippen molar-refractivity contribution in [2.24, 2.45) is 11.8 Å². The summed E-state index contributed by atoms with van der Waals surface area (Å²) in [4.78, 5) is 51.0. The number of carbonyl (C=O) groups excluding carboxylic acids is 4. The number of rotatable bonds is 5. The molecule has 1 N–H and O–H groups in total. The lowest BCUT2D eigenvalue weighted by atomic mass is 9.85. The molecule has 4 atom stereocenters. The molecular formula is C23H26N2O5. The molecule has 1 aromatic carbocycles. The van der Waals surface area contributed by atoms with Gasteiger partial charge in [-0.25, -0.2) is 4.79 Å². The summed E-state index contributed by atoms with van der Waals surface area (Å²) in [5.41, 5.74) is 2.32. The highest BCUT2D eigenvalue weighted by molar-refractivity contribution is 6.08. The topological polar surface area (TPSA) is 92.8 Å². The number of fused-ring (bicyclic) bond motifs is 2. The van der Waals surface area contributed by atoms with Crippen LogP contribution in [0.15, 0.2) is 36.4 Å². The minimum Gasteiger partial charge on any atom is -0.454 e. The Balaban J connectivity index is 1.32. The molecule has 1 aliphatic heterocycles. The molecule has 0 saturated carbocycles. The van der Waals surface area contributed by atoms with Crippen LogP contribution >= 0.6 is 0 Å². The van der Waals surface area contributed by atoms with E-state index in [2.05, 4.69) is 11.4 Å². The van der Waals surface area contributed by atoms with Crippen LogP contribution in [0.25, 0.3) is 0 Å². The zero-order valence-electron chi connectivity index (χ0n) is 17.0. The molecule has 1 heterocycles. The number of hydrogen-bond acceptors (Lipinski definition) is 5. The first-order valence-electron chi connectivity index (χ1n) is 10.5. The molecule has 1 fully saturated rings. The molecule has 1 saturated heterocycles. The summed E-state index contributed by atoms with van der Waals surface area (Å²) >= 11 is 0. The number of nitrogens with zero attached hydrogens (tertiary/aromatic N) is 1. The monoisotopic (exact) mass is 410 g/mol. The SMILES string of the molecule is C[C@@H](C(=O)OCC(=O)N[C@H]1CCCc2ccccc21)N1C(=O)[C@H]2CC=CC[C@H]2C1=O. The van der Waals surface area contributed by atoms with Gasteiger partial charge < -0.3 is 10.1 Å². The van der Waals surface area contributed by atoms with E-state index in [-0.39, 0.29) is 17.9 Å². The average molecular weight is 410 g/mol. The van der Waals surface area contributed by atoms with Gasteiger partial charge in [0.05, 0.1) is 17.9 Å². The number of allylic oxidation sites excluding steroid dienone is 2. The minimum absolute atomic E-state index is 0.101. The van der Waals surface area contributed by atoms with E-state index in [9.17, 15) is 19.2 Å². The van der Waals surface area contributed by atoms with E-state index in [1.165, 1.54) is 12.5 Å². The van der Waals surface area contributed by atoms with Gasteiger partial charge in [-0.1, -0.05) is 36.4 Å². The number of hydrogen-bond donors (Lipinski definition) is 1. The van der Waals surface area contributed by atoms with E-state index in [1.54, 1.807) is 0 Å². The van der Waals surface area contributed by atoms with Crippen molar-refractivity contribution in [3.05, 3.63) is 47.5 Å². The fraction of sp³-hybridized carbons (Fsp3) is 0.478. The van der Waals surface area contributed by atoms with Gasteiger partial charge in [0.25, 0.3) is 5.91 Å². The van der Waals surface area contributed by atoms with Crippen molar-refractivity contribution in [3.63, 3.8) is 0 Å². The van der Waals surface area contributed by atoms with Crippen LogP contribution in [-0.2, 0) is 30.3 Å². The number of amides is 3. The Labute approximate surface area is 175 Å². The predicted molar refractivity (Wildman–Crippen MR) is 108 cm³/mol. The molecule has 0 spiro atoms. The zero-order chi connectivity index (χ0) is 21.3. The minimum atomic E-state index is -1.04. The van der Waals surface area contributed by atoms with Gasteiger partial charge in [-0.3, -0.25) is 19.3 Å². The van der Waals surface area contributed by atoms with E-state index < -0.39 is 36.4 Å². The number of nitrogens with one attached hydrogen (secondary N) is 1. The number of benzene rings is 1. The fourth-order valence-corrected chi connectivity index (χ4v) is 4.71. The van der Waals surface area contributed by atoms with Gasteiger partial charge in [0, 0.05) is 0 Å². The van der Waals surface area contributed by atoms with Crippen LogP contribution in [0.3, 0.4) is 0 Å². The van der Waals surface area contributed by atoms with Gasteiger partial charge >= 0.3 is 5.97 Å². The van der Waals surface area contributed by atoms with Crippen molar-refractivity contribution in [1.29, 1.82) is 0 Å². The highest BCUT2D eigenvalue weighted by Crippen LogP contribution is 2.36. The van der Waals surface area contributed by atoms with Gasteiger partial charge in [-0.2, -0.15) is 0 Å². The first kappa shape index (κ1) is 20.3. The Kier molecular flexibility index (Phi) is 5.70. The normalized spacial score (nSPS) is 26.0. The molecule has 30 heavy (non-hydrogen) atoms. The Bertz CT molecular complexity index is 883. The Morgan fingerprint density at radius 2 is 1.80 bits per heavy atom. The van der Waals surface area contributed by atoms with Crippen LogP contribution in [0, 0.1) is 11.8 Å². The average Bonchev–Trinajstić information content (AvgIpc) is 3.02. The molecule has 3 amide bonds. The third kappa shape index (κ3) is 3.76. The quantitative estimate of drug-likeness (QED) is 0.456. The maximum atomic E-state index is 12.6. The lowest BCUT2D eigenvalue weighted by molar-refractivity contribution is -0.159. The van der Waals surface area contributed by atoms with Gasteiger partial charge in [0.15, 0.2) is 6.61 Å². The maximum absolute atomic E-state index is 12.6. The number of carbonyl (C=O) groups is 4. The van der Waals surface area contributed by atoms with Crippen molar-refractivity contribution in [3.8, 4) is 0 Å². The highest BCUT2D eigenvalue weighted by Gasteiger charge is 2.50. The molecule has 2 aliphatic carbocycles. The Morgan fingerprint density at radius 3 is 2.50 bits per heavy atom. The van der Waals surface area contributed by atoms with E-state index in [0.717, 1.165) is 29.7 Å². The molecule has 0 bridgehead atoms. The predicted octanol–water partition coefficient (Wildman–Crippen LogP) is 2.06. The molecule has 7 heteroatoms. The summed E-state index contributed by atoms with van der Waals surface area (Å²) < 4.78 is 5.14. The van der Waals surface area contributed by atoms with Crippen LogP contribution in [0.2, 0.25) is 0 Å². The van der Waals surface area contributed by atoms with Gasteiger partial charge in [-0.05, 0) is 50.2 Å². The summed E-state index contributed by atoms with van der Waals surface area (Å²) in [7, 11) is 0. The molecule has 4 rings (SSSR count). The highest BCUT2D eigenvalue weighted by atomic mass is 16.5. The molecule has 0 radical (unpaired) electrons. The second-order valence-electron chi connectivity index (χ2n) is 8.20. The van der Waals surface area contributed by atoms with Crippen molar-refractivity contribution in [2.45, 2.75) is 51.1 Å². The van der Waals surface area contributed by atoms with Crippen LogP contribution in [0.4, 0.5) is 0 Å². The first-order valence-corrected chi connectivity index (χ1v) is 10.5. The third-order valence-electron chi connectivity index (χ3n) is 6.32. The van der Waals surface area contributed by atoms with Crippen LogP contribution in [-0.4, -0.2) is 41.2 Å². The Hall–Kier alpha value is -2.96. The van der Waals surface area contributed by atoms with Crippen LogP contribution in [0.1, 0.15) is 49.8 Å². The molecular weight excluding hydrogens is 384 g/mol. The molecule has 1 aromatic rings. The van der Waals surface area contributed by atoms with E-state index >= 15 is 0 Å². The maximum Gasteiger partial charge on any atom is 0.329 e. The first-order chi connectivity index (χ1) is 14.5. The summed E-state index contributed by atoms with van der Waals surface area (Å²) in [6.45, 7) is 1.03.